The Kier molecular flexibility index (Phi) is 3.94. The SMILES string of the molecule is O=C(Cc1n[nH]c(=O)c2ccccc12)Nc1nc(Cl)ccc1O. The fourth-order valence-electron chi connectivity index (χ4n) is 2.15. The quantitative estimate of drug-likeness (QED) is 0.635. The Labute approximate surface area is 134 Å². The van der Waals surface area contributed by atoms with Crippen LogP contribution in [0, 0.1) is 0 Å². The summed E-state index contributed by atoms with van der Waals surface area (Å²) < 4.78 is 0. The Balaban J connectivity index is 1.88. The van der Waals surface area contributed by atoms with Crippen LogP contribution in [0.15, 0.2) is 41.2 Å². The van der Waals surface area contributed by atoms with E-state index >= 15 is 0 Å². The number of amides is 1. The van der Waals surface area contributed by atoms with Gasteiger partial charge in [-0.25, -0.2) is 10.1 Å². The number of halogens is 1. The number of anilines is 1. The number of nitrogens with zero attached hydrogens (tertiary/aromatic N) is 2. The third-order valence-electron chi connectivity index (χ3n) is 3.20. The number of hydrogen-bond acceptors (Lipinski definition) is 5. The molecule has 0 atom stereocenters. The van der Waals surface area contributed by atoms with E-state index in [-0.39, 0.29) is 28.7 Å². The van der Waals surface area contributed by atoms with Crippen LogP contribution in [-0.2, 0) is 11.2 Å². The number of benzene rings is 1. The van der Waals surface area contributed by atoms with Crippen LogP contribution in [0.25, 0.3) is 10.8 Å². The molecule has 2 aromatic heterocycles. The van der Waals surface area contributed by atoms with E-state index in [9.17, 15) is 14.7 Å². The van der Waals surface area contributed by atoms with Crippen LogP contribution in [0.4, 0.5) is 5.82 Å². The Hall–Kier alpha value is -2.93. The molecule has 3 rings (SSSR count). The van der Waals surface area contributed by atoms with Gasteiger partial charge in [0, 0.05) is 5.39 Å². The third kappa shape index (κ3) is 3.14. The Bertz CT molecular complexity index is 955. The van der Waals surface area contributed by atoms with Crippen LogP contribution in [0.2, 0.25) is 5.15 Å². The molecule has 0 saturated heterocycles. The van der Waals surface area contributed by atoms with Crippen LogP contribution in [0.3, 0.4) is 0 Å². The first-order valence-electron chi connectivity index (χ1n) is 6.66. The number of fused-ring (bicyclic) bond motifs is 1. The predicted molar refractivity (Wildman–Crippen MR) is 85.6 cm³/mol. The number of aromatic amines is 1. The summed E-state index contributed by atoms with van der Waals surface area (Å²) in [7, 11) is 0. The van der Waals surface area contributed by atoms with Crippen LogP contribution < -0.4 is 10.9 Å². The smallest absolute Gasteiger partial charge is 0.272 e. The molecule has 2 heterocycles. The van der Waals surface area contributed by atoms with Crippen molar-refractivity contribution in [1.82, 2.24) is 15.2 Å². The lowest BCUT2D eigenvalue weighted by atomic mass is 10.1. The first-order valence-corrected chi connectivity index (χ1v) is 7.04. The van der Waals surface area contributed by atoms with Crippen LogP contribution >= 0.6 is 11.6 Å². The van der Waals surface area contributed by atoms with Crippen LogP contribution in [0.5, 0.6) is 5.75 Å². The Morgan fingerprint density at radius 2 is 1.96 bits per heavy atom. The minimum Gasteiger partial charge on any atom is -0.504 e. The maximum Gasteiger partial charge on any atom is 0.272 e. The summed E-state index contributed by atoms with van der Waals surface area (Å²) in [5, 5.41) is 19.6. The van der Waals surface area contributed by atoms with Gasteiger partial charge in [-0.1, -0.05) is 29.8 Å². The Morgan fingerprint density at radius 1 is 1.22 bits per heavy atom. The molecular weight excluding hydrogens is 320 g/mol. The summed E-state index contributed by atoms with van der Waals surface area (Å²) in [6, 6.07) is 9.60. The number of aromatic nitrogens is 3. The van der Waals surface area contributed by atoms with Gasteiger partial charge >= 0.3 is 0 Å². The van der Waals surface area contributed by atoms with Crippen molar-refractivity contribution in [3.8, 4) is 5.75 Å². The first-order chi connectivity index (χ1) is 11.0. The highest BCUT2D eigenvalue weighted by Crippen LogP contribution is 2.22. The van der Waals surface area contributed by atoms with Gasteiger partial charge in [0.15, 0.2) is 11.6 Å². The molecule has 7 nitrogen and oxygen atoms in total. The second-order valence-electron chi connectivity index (χ2n) is 4.77. The van der Waals surface area contributed by atoms with E-state index in [4.69, 9.17) is 11.6 Å². The number of carbonyl (C=O) groups is 1. The van der Waals surface area contributed by atoms with Gasteiger partial charge in [-0.2, -0.15) is 5.10 Å². The van der Waals surface area contributed by atoms with Gasteiger partial charge < -0.3 is 10.4 Å². The van der Waals surface area contributed by atoms with Crippen molar-refractivity contribution < 1.29 is 9.90 Å². The van der Waals surface area contributed by atoms with Gasteiger partial charge in [-0.3, -0.25) is 9.59 Å². The van der Waals surface area contributed by atoms with E-state index in [1.807, 2.05) is 0 Å². The summed E-state index contributed by atoms with van der Waals surface area (Å²) in [4.78, 5) is 27.7. The largest absolute Gasteiger partial charge is 0.504 e. The second-order valence-corrected chi connectivity index (χ2v) is 5.16. The predicted octanol–water partition coefficient (Wildman–Crippen LogP) is 1.86. The number of carbonyl (C=O) groups excluding carboxylic acids is 1. The molecule has 0 fully saturated rings. The summed E-state index contributed by atoms with van der Waals surface area (Å²) in [6.07, 6.45) is -0.0923. The lowest BCUT2D eigenvalue weighted by molar-refractivity contribution is -0.115. The lowest BCUT2D eigenvalue weighted by Crippen LogP contribution is -2.19. The number of rotatable bonds is 3. The van der Waals surface area contributed by atoms with Gasteiger partial charge in [0.25, 0.3) is 5.56 Å². The molecule has 0 aliphatic rings. The molecule has 0 aliphatic heterocycles. The zero-order valence-corrected chi connectivity index (χ0v) is 12.5. The fraction of sp³-hybridized carbons (Fsp3) is 0.0667. The van der Waals surface area contributed by atoms with Crippen molar-refractivity contribution in [3.63, 3.8) is 0 Å². The van der Waals surface area contributed by atoms with E-state index in [2.05, 4.69) is 20.5 Å². The minimum absolute atomic E-state index is 0.0313. The number of pyridine rings is 1. The number of H-pyrrole nitrogens is 1. The zero-order chi connectivity index (χ0) is 16.4. The molecule has 3 N–H and O–H groups in total. The van der Waals surface area contributed by atoms with Gasteiger partial charge in [0.2, 0.25) is 5.91 Å². The summed E-state index contributed by atoms with van der Waals surface area (Å²) in [5.41, 5.74) is 0.0955. The van der Waals surface area contributed by atoms with E-state index < -0.39 is 5.91 Å². The molecule has 0 radical (unpaired) electrons. The molecule has 0 unspecified atom stereocenters. The highest BCUT2D eigenvalue weighted by molar-refractivity contribution is 6.29. The average Bonchev–Trinajstić information content (AvgIpc) is 2.54. The molecular formula is C15H11ClN4O3. The topological polar surface area (TPSA) is 108 Å². The Morgan fingerprint density at radius 3 is 2.74 bits per heavy atom. The molecule has 1 amide bonds. The van der Waals surface area contributed by atoms with E-state index in [0.717, 1.165) is 0 Å². The zero-order valence-electron chi connectivity index (χ0n) is 11.7. The maximum atomic E-state index is 12.1. The van der Waals surface area contributed by atoms with E-state index in [0.29, 0.717) is 16.5 Å². The number of hydrogen-bond donors (Lipinski definition) is 3. The van der Waals surface area contributed by atoms with Gasteiger partial charge in [-0.15, -0.1) is 0 Å². The minimum atomic E-state index is -0.445. The molecule has 0 saturated carbocycles. The van der Waals surface area contributed by atoms with Crippen molar-refractivity contribution in [2.24, 2.45) is 0 Å². The third-order valence-corrected chi connectivity index (χ3v) is 3.41. The normalized spacial score (nSPS) is 10.7. The fourth-order valence-corrected chi connectivity index (χ4v) is 2.30. The van der Waals surface area contributed by atoms with Crippen molar-refractivity contribution in [2.75, 3.05) is 5.32 Å². The summed E-state index contributed by atoms with van der Waals surface area (Å²) in [5.74, 6) is -0.668. The van der Waals surface area contributed by atoms with Crippen molar-refractivity contribution in [1.29, 1.82) is 0 Å². The molecule has 116 valence electrons. The van der Waals surface area contributed by atoms with Crippen LogP contribution in [-0.4, -0.2) is 26.2 Å². The van der Waals surface area contributed by atoms with Gasteiger partial charge in [-0.05, 0) is 18.2 Å². The highest BCUT2D eigenvalue weighted by atomic mass is 35.5. The summed E-state index contributed by atoms with van der Waals surface area (Å²) in [6.45, 7) is 0. The molecule has 0 aliphatic carbocycles. The molecule has 23 heavy (non-hydrogen) atoms. The average molecular weight is 331 g/mol. The highest BCUT2D eigenvalue weighted by Gasteiger charge is 2.13. The number of aromatic hydroxyl groups is 1. The van der Waals surface area contributed by atoms with E-state index in [1.165, 1.54) is 12.1 Å². The first kappa shape index (κ1) is 15.0. The van der Waals surface area contributed by atoms with Gasteiger partial charge in [0.1, 0.15) is 5.15 Å². The van der Waals surface area contributed by atoms with Crippen molar-refractivity contribution in [2.45, 2.75) is 6.42 Å². The molecule has 3 aromatic rings. The second kappa shape index (κ2) is 6.05. The number of nitrogens with one attached hydrogen (secondary N) is 2. The lowest BCUT2D eigenvalue weighted by Gasteiger charge is -2.07. The van der Waals surface area contributed by atoms with Crippen molar-refractivity contribution >= 4 is 34.1 Å². The van der Waals surface area contributed by atoms with E-state index in [1.54, 1.807) is 24.3 Å². The van der Waals surface area contributed by atoms with Gasteiger partial charge in [0.05, 0.1) is 17.5 Å². The van der Waals surface area contributed by atoms with Crippen molar-refractivity contribution in [3.05, 3.63) is 57.6 Å². The standard InChI is InChI=1S/C15H11ClN4O3/c16-12-6-5-11(21)14(17-12)18-13(22)7-10-8-3-1-2-4-9(8)15(23)20-19-10/h1-6,21H,7H2,(H,20,23)(H,17,18,22). The maximum absolute atomic E-state index is 12.1. The molecule has 0 bridgehead atoms. The molecule has 8 heteroatoms. The monoisotopic (exact) mass is 330 g/mol. The molecule has 0 spiro atoms. The van der Waals surface area contributed by atoms with Crippen LogP contribution in [0.1, 0.15) is 5.69 Å². The summed E-state index contributed by atoms with van der Waals surface area (Å²) >= 11 is 5.73. The molecule has 1 aromatic carbocycles.